The van der Waals surface area contributed by atoms with E-state index in [1.165, 1.54) is 0 Å². The first kappa shape index (κ1) is 21.8. The number of hydrogen-bond acceptors (Lipinski definition) is 9. The van der Waals surface area contributed by atoms with Crippen molar-refractivity contribution in [1.29, 1.82) is 0 Å². The molecular formula is C21H22ClN5O6. The van der Waals surface area contributed by atoms with Crippen molar-refractivity contribution >= 4 is 51.9 Å². The summed E-state index contributed by atoms with van der Waals surface area (Å²) in [7, 11) is 0. The van der Waals surface area contributed by atoms with Crippen molar-refractivity contribution in [2.24, 2.45) is 5.41 Å². The van der Waals surface area contributed by atoms with Crippen LogP contribution >= 0.6 is 11.6 Å². The van der Waals surface area contributed by atoms with Gasteiger partial charge in [0.15, 0.2) is 11.5 Å². The van der Waals surface area contributed by atoms with Gasteiger partial charge in [-0.15, -0.1) is 0 Å². The van der Waals surface area contributed by atoms with Crippen molar-refractivity contribution in [2.75, 3.05) is 18.0 Å². The van der Waals surface area contributed by atoms with Gasteiger partial charge in [-0.1, -0.05) is 16.8 Å². The second-order valence-corrected chi connectivity index (χ2v) is 9.04. The van der Waals surface area contributed by atoms with Gasteiger partial charge in [0.1, 0.15) is 16.0 Å². The molecule has 33 heavy (non-hydrogen) atoms. The monoisotopic (exact) mass is 475 g/mol. The molecule has 0 aliphatic carbocycles. The van der Waals surface area contributed by atoms with E-state index in [4.69, 9.17) is 20.9 Å². The molecule has 5 rings (SSSR count). The average molecular weight is 476 g/mol. The van der Waals surface area contributed by atoms with Crippen LogP contribution in [0.1, 0.15) is 43.4 Å². The zero-order chi connectivity index (χ0) is 23.7. The van der Waals surface area contributed by atoms with E-state index in [9.17, 15) is 19.2 Å². The smallest absolute Gasteiger partial charge is 0.275 e. The number of carbonyl (C=O) groups is 4. The van der Waals surface area contributed by atoms with Gasteiger partial charge < -0.3 is 19.5 Å². The fourth-order valence-corrected chi connectivity index (χ4v) is 5.69. The van der Waals surface area contributed by atoms with Crippen LogP contribution in [0, 0.1) is 5.41 Å². The van der Waals surface area contributed by atoms with Crippen LogP contribution in [0.15, 0.2) is 4.52 Å². The van der Waals surface area contributed by atoms with Crippen molar-refractivity contribution in [1.82, 2.24) is 20.8 Å². The summed E-state index contributed by atoms with van der Waals surface area (Å²) in [6, 6.07) is -0.704. The topological polar surface area (TPSA) is 144 Å². The van der Waals surface area contributed by atoms with E-state index in [0.717, 1.165) is 0 Å². The molecule has 3 amide bonds. The van der Waals surface area contributed by atoms with Gasteiger partial charge >= 0.3 is 0 Å². The third-order valence-electron chi connectivity index (χ3n) is 6.54. The number of hydrogen-bond donors (Lipinski definition) is 2. The highest BCUT2D eigenvalue weighted by Crippen LogP contribution is 2.50. The Labute approximate surface area is 193 Å². The average Bonchev–Trinajstić information content (AvgIpc) is 3.15. The number of fused-ring (bicyclic) bond motifs is 5. The Morgan fingerprint density at radius 1 is 1.33 bits per heavy atom. The highest BCUT2D eigenvalue weighted by atomic mass is 35.5. The molecule has 0 radical (unpaired) electrons. The van der Waals surface area contributed by atoms with E-state index in [-0.39, 0.29) is 34.3 Å². The number of ketones is 1. The maximum Gasteiger partial charge on any atom is 0.275 e. The molecule has 2 aromatic rings. The predicted molar refractivity (Wildman–Crippen MR) is 115 cm³/mol. The van der Waals surface area contributed by atoms with Gasteiger partial charge in [0.05, 0.1) is 36.1 Å². The lowest BCUT2D eigenvalue weighted by Gasteiger charge is -2.55. The molecule has 0 saturated carbocycles. The zero-order valence-corrected chi connectivity index (χ0v) is 19.0. The summed E-state index contributed by atoms with van der Waals surface area (Å²) >= 11 is 6.77. The molecule has 3 aliphatic rings. The van der Waals surface area contributed by atoms with Gasteiger partial charge in [-0.05, 0) is 20.8 Å². The largest absolute Gasteiger partial charge is 0.372 e. The molecule has 2 fully saturated rings. The van der Waals surface area contributed by atoms with Crippen molar-refractivity contribution in [3.05, 3.63) is 16.4 Å². The summed E-state index contributed by atoms with van der Waals surface area (Å²) in [5.41, 5.74) is -0.464. The van der Waals surface area contributed by atoms with Crippen LogP contribution in [0.2, 0.25) is 5.02 Å². The van der Waals surface area contributed by atoms with Gasteiger partial charge in [-0.25, -0.2) is 4.98 Å². The summed E-state index contributed by atoms with van der Waals surface area (Å²) < 4.78 is 11.4. The number of morpholine rings is 1. The number of halogens is 1. The number of anilines is 1. The van der Waals surface area contributed by atoms with Crippen molar-refractivity contribution in [2.45, 2.75) is 51.9 Å². The predicted octanol–water partition coefficient (Wildman–Crippen LogP) is 0.766. The second kappa shape index (κ2) is 7.49. The maximum atomic E-state index is 13.3. The molecule has 174 valence electrons. The molecule has 5 heterocycles. The minimum atomic E-state index is -1.59. The fraction of sp³-hybridized carbons (Fsp3) is 0.524. The Morgan fingerprint density at radius 3 is 2.79 bits per heavy atom. The first-order chi connectivity index (χ1) is 15.7. The van der Waals surface area contributed by atoms with Crippen LogP contribution in [0.5, 0.6) is 0 Å². The SMILES string of the molecule is CCNC(=O)c1noc2c(Cl)c3c(nc12)CC1(C(=O)CC(=O)NC1=O)[C@H]1[C@H](C)O[C@H](C)CN31. The zero-order valence-electron chi connectivity index (χ0n) is 18.2. The Bertz CT molecular complexity index is 1210. The Hall–Kier alpha value is -3.05. The number of aromatic nitrogens is 2. The van der Waals surface area contributed by atoms with E-state index in [1.54, 1.807) is 13.8 Å². The molecule has 0 aromatic carbocycles. The molecule has 2 N–H and O–H groups in total. The van der Waals surface area contributed by atoms with Gasteiger partial charge in [0, 0.05) is 19.5 Å². The molecule has 3 aliphatic heterocycles. The molecule has 1 spiro atoms. The number of piperidine rings is 1. The van der Waals surface area contributed by atoms with Gasteiger partial charge in [0.2, 0.25) is 17.4 Å². The number of carbonyl (C=O) groups excluding carboxylic acids is 4. The van der Waals surface area contributed by atoms with Crippen LogP contribution in [0.3, 0.4) is 0 Å². The van der Waals surface area contributed by atoms with Crippen LogP contribution < -0.4 is 15.5 Å². The van der Waals surface area contributed by atoms with E-state index in [0.29, 0.717) is 24.5 Å². The van der Waals surface area contributed by atoms with Gasteiger partial charge in [-0.3, -0.25) is 24.5 Å². The molecule has 2 saturated heterocycles. The Morgan fingerprint density at radius 2 is 2.09 bits per heavy atom. The molecule has 2 aromatic heterocycles. The number of pyridine rings is 1. The summed E-state index contributed by atoms with van der Waals surface area (Å²) in [5.74, 6) is -2.28. The number of nitrogens with zero attached hydrogens (tertiary/aromatic N) is 3. The lowest BCUT2D eigenvalue weighted by atomic mass is 9.64. The third kappa shape index (κ3) is 2.98. The second-order valence-electron chi connectivity index (χ2n) is 8.66. The van der Waals surface area contributed by atoms with Gasteiger partial charge in [-0.2, -0.15) is 0 Å². The number of rotatable bonds is 2. The molecule has 11 nitrogen and oxygen atoms in total. The lowest BCUT2D eigenvalue weighted by Crippen LogP contribution is -2.72. The number of Topliss-reactive ketones (excluding diaryl/α,β-unsaturated/α-hetero) is 1. The normalized spacial score (nSPS) is 29.2. The summed E-state index contributed by atoms with van der Waals surface area (Å²) in [6.07, 6.45) is -1.26. The molecule has 4 atom stereocenters. The fourth-order valence-electron chi connectivity index (χ4n) is 5.35. The van der Waals surface area contributed by atoms with Crippen LogP contribution in [0.4, 0.5) is 5.69 Å². The van der Waals surface area contributed by atoms with Crippen LogP contribution in [-0.4, -0.2) is 65.0 Å². The number of imide groups is 1. The first-order valence-electron chi connectivity index (χ1n) is 10.7. The summed E-state index contributed by atoms with van der Waals surface area (Å²) in [6.45, 7) is 6.15. The summed E-state index contributed by atoms with van der Waals surface area (Å²) in [4.78, 5) is 57.4. The van der Waals surface area contributed by atoms with E-state index >= 15 is 0 Å². The molecular weight excluding hydrogens is 454 g/mol. The number of ether oxygens (including phenoxy) is 1. The van der Waals surface area contributed by atoms with Gasteiger partial charge in [0.25, 0.3) is 5.91 Å². The highest BCUT2D eigenvalue weighted by molar-refractivity contribution is 6.38. The molecule has 12 heteroatoms. The summed E-state index contributed by atoms with van der Waals surface area (Å²) in [5, 5.41) is 9.02. The Balaban J connectivity index is 1.75. The van der Waals surface area contributed by atoms with Crippen LogP contribution in [-0.2, 0) is 25.5 Å². The third-order valence-corrected chi connectivity index (χ3v) is 6.89. The van der Waals surface area contributed by atoms with E-state index in [1.807, 2.05) is 11.8 Å². The molecule has 0 bridgehead atoms. The van der Waals surface area contributed by atoms with Crippen LogP contribution in [0.25, 0.3) is 11.1 Å². The minimum absolute atomic E-state index is 0.0361. The number of nitrogens with one attached hydrogen (secondary N) is 2. The molecule has 1 unspecified atom stereocenters. The quantitative estimate of drug-likeness (QED) is 0.475. The first-order valence-corrected chi connectivity index (χ1v) is 11.1. The van der Waals surface area contributed by atoms with Crippen molar-refractivity contribution < 1.29 is 28.4 Å². The lowest BCUT2D eigenvalue weighted by molar-refractivity contribution is -0.158. The minimum Gasteiger partial charge on any atom is -0.372 e. The standard InChI is InChI=1S/C21H22ClN5O6/c1-4-23-19(30)15-14-17(33-26-15)13(22)16-10(24-14)6-21(11(28)5-12(29)25-20(21)31)18-9(3)32-8(2)7-27(16)18/h8-9,18H,4-7H2,1-3H3,(H,23,30)(H,25,29,31)/t8-,9+,18-,21?/m1/s1. The highest BCUT2D eigenvalue weighted by Gasteiger charge is 2.63. The van der Waals surface area contributed by atoms with Crippen molar-refractivity contribution in [3.63, 3.8) is 0 Å². The van der Waals surface area contributed by atoms with E-state index in [2.05, 4.69) is 20.8 Å². The van der Waals surface area contributed by atoms with Crippen molar-refractivity contribution in [3.8, 4) is 0 Å². The maximum absolute atomic E-state index is 13.3. The Kier molecular flexibility index (Phi) is 4.94. The van der Waals surface area contributed by atoms with E-state index < -0.39 is 47.5 Å². The number of amides is 3.